The van der Waals surface area contributed by atoms with Crippen LogP contribution in [-0.2, 0) is 0 Å². The van der Waals surface area contributed by atoms with E-state index >= 15 is 0 Å². The highest BCUT2D eigenvalue weighted by Gasteiger charge is 2.43. The molecule has 1 saturated heterocycles. The summed E-state index contributed by atoms with van der Waals surface area (Å²) in [5, 5.41) is 14.7. The monoisotopic (exact) mass is 441 g/mol. The van der Waals surface area contributed by atoms with E-state index in [-0.39, 0.29) is 17.8 Å². The normalized spacial score (nSPS) is 18.1. The quantitative estimate of drug-likeness (QED) is 0.445. The molecule has 6 nitrogen and oxygen atoms in total. The minimum absolute atomic E-state index is 0.180. The Balaban J connectivity index is 1.70. The van der Waals surface area contributed by atoms with Gasteiger partial charge in [-0.3, -0.25) is 4.98 Å². The molecule has 3 aromatic heterocycles. The maximum atomic E-state index is 10.7. The van der Waals surface area contributed by atoms with E-state index in [1.165, 1.54) is 0 Å². The zero-order valence-electron chi connectivity index (χ0n) is 17.8. The minimum atomic E-state index is -0.200. The predicted molar refractivity (Wildman–Crippen MR) is 129 cm³/mol. The van der Waals surface area contributed by atoms with Crippen molar-refractivity contribution < 1.29 is 5.11 Å². The number of phenols is 1. The highest BCUT2D eigenvalue weighted by atomic mass is 32.1. The van der Waals surface area contributed by atoms with Gasteiger partial charge < -0.3 is 19.9 Å². The molecule has 1 aromatic carbocycles. The number of pyridine rings is 2. The van der Waals surface area contributed by atoms with Crippen LogP contribution in [0.2, 0.25) is 0 Å². The van der Waals surface area contributed by atoms with Crippen molar-refractivity contribution in [1.82, 2.24) is 19.9 Å². The Kier molecular flexibility index (Phi) is 5.11. The molecule has 4 aromatic rings. The van der Waals surface area contributed by atoms with Gasteiger partial charge in [0.2, 0.25) is 0 Å². The third kappa shape index (κ3) is 3.31. The van der Waals surface area contributed by atoms with Crippen LogP contribution in [0.3, 0.4) is 0 Å². The van der Waals surface area contributed by atoms with Crippen LogP contribution in [-0.4, -0.2) is 24.8 Å². The Morgan fingerprint density at radius 2 is 1.66 bits per heavy atom. The molecule has 0 radical (unpaired) electrons. The molecule has 0 aliphatic carbocycles. The SMILES string of the molecule is Cc1cc([C@@H]2[C@H](c3ccccn3)NC(=S)N2c2ccccc2O)c(C)n1-c1ccccn1. The van der Waals surface area contributed by atoms with E-state index in [2.05, 4.69) is 39.8 Å². The van der Waals surface area contributed by atoms with Crippen LogP contribution in [0.25, 0.3) is 5.82 Å². The molecule has 1 aliphatic rings. The number of para-hydroxylation sites is 2. The first-order valence-electron chi connectivity index (χ1n) is 10.4. The number of anilines is 1. The zero-order valence-corrected chi connectivity index (χ0v) is 18.6. The molecule has 2 atom stereocenters. The number of benzene rings is 1. The van der Waals surface area contributed by atoms with E-state index in [9.17, 15) is 5.11 Å². The molecule has 4 heterocycles. The third-order valence-corrected chi connectivity index (χ3v) is 6.22. The zero-order chi connectivity index (χ0) is 22.2. The van der Waals surface area contributed by atoms with E-state index in [0.29, 0.717) is 10.8 Å². The van der Waals surface area contributed by atoms with Crippen LogP contribution in [0.1, 0.15) is 34.7 Å². The molecule has 5 rings (SSSR count). The minimum Gasteiger partial charge on any atom is -0.506 e. The van der Waals surface area contributed by atoms with Crippen LogP contribution >= 0.6 is 12.2 Å². The first kappa shape index (κ1) is 20.2. The van der Waals surface area contributed by atoms with Crippen molar-refractivity contribution in [2.24, 2.45) is 0 Å². The summed E-state index contributed by atoms with van der Waals surface area (Å²) in [5.74, 6) is 1.05. The predicted octanol–water partition coefficient (Wildman–Crippen LogP) is 4.77. The number of aryl methyl sites for hydroxylation is 1. The Labute approximate surface area is 192 Å². The topological polar surface area (TPSA) is 66.2 Å². The molecule has 160 valence electrons. The lowest BCUT2D eigenvalue weighted by Gasteiger charge is -2.28. The fourth-order valence-corrected chi connectivity index (χ4v) is 4.86. The van der Waals surface area contributed by atoms with Gasteiger partial charge in [0.25, 0.3) is 0 Å². The summed E-state index contributed by atoms with van der Waals surface area (Å²) in [7, 11) is 0. The number of rotatable bonds is 4. The number of thiocarbonyl (C=S) groups is 1. The second-order valence-electron chi connectivity index (χ2n) is 7.84. The van der Waals surface area contributed by atoms with E-state index < -0.39 is 0 Å². The number of phenolic OH excluding ortho intramolecular Hbond substituents is 1. The molecule has 7 heteroatoms. The standard InChI is InChI=1S/C25H23N5OS/c1-16-15-18(17(2)29(16)22-12-6-8-14-27-22)24-23(19-9-5-7-13-26-19)28-25(32)30(24)20-10-3-4-11-21(20)31/h3-15,23-24,31H,1-2H3,(H,28,32)/t23-,24+/m0/s1. The van der Waals surface area contributed by atoms with Crippen LogP contribution in [0.4, 0.5) is 5.69 Å². The van der Waals surface area contributed by atoms with E-state index in [1.54, 1.807) is 18.5 Å². The lowest BCUT2D eigenvalue weighted by Crippen LogP contribution is -2.29. The smallest absolute Gasteiger partial charge is 0.174 e. The van der Waals surface area contributed by atoms with Crippen LogP contribution < -0.4 is 10.2 Å². The van der Waals surface area contributed by atoms with E-state index in [4.69, 9.17) is 12.2 Å². The highest BCUT2D eigenvalue weighted by Crippen LogP contribution is 2.45. The maximum Gasteiger partial charge on any atom is 0.174 e. The van der Waals surface area contributed by atoms with Gasteiger partial charge in [-0.25, -0.2) is 4.98 Å². The average molecular weight is 442 g/mol. The molecule has 0 spiro atoms. The summed E-state index contributed by atoms with van der Waals surface area (Å²) in [6, 6.07) is 20.8. The first-order valence-corrected chi connectivity index (χ1v) is 10.9. The Bertz CT molecular complexity index is 1270. The second kappa shape index (κ2) is 8.09. The highest BCUT2D eigenvalue weighted by molar-refractivity contribution is 7.80. The van der Waals surface area contributed by atoms with Gasteiger partial charge in [-0.15, -0.1) is 0 Å². The number of aromatic nitrogens is 3. The van der Waals surface area contributed by atoms with Crippen LogP contribution in [0, 0.1) is 13.8 Å². The fraction of sp³-hybridized carbons (Fsp3) is 0.160. The lowest BCUT2D eigenvalue weighted by atomic mass is 9.96. The number of hydrogen-bond donors (Lipinski definition) is 2. The molecular formula is C25H23N5OS. The van der Waals surface area contributed by atoms with Gasteiger partial charge in [0, 0.05) is 23.8 Å². The summed E-state index contributed by atoms with van der Waals surface area (Å²) in [4.78, 5) is 11.2. The van der Waals surface area contributed by atoms with Gasteiger partial charge in [0.05, 0.1) is 23.5 Å². The molecule has 0 saturated carbocycles. The maximum absolute atomic E-state index is 10.7. The molecular weight excluding hydrogens is 418 g/mol. The van der Waals surface area contributed by atoms with Crippen molar-refractivity contribution in [2.45, 2.75) is 25.9 Å². The summed E-state index contributed by atoms with van der Waals surface area (Å²) >= 11 is 5.77. The van der Waals surface area contributed by atoms with Crippen LogP contribution in [0.15, 0.2) is 79.1 Å². The molecule has 0 amide bonds. The summed E-state index contributed by atoms with van der Waals surface area (Å²) in [6.07, 6.45) is 3.59. The fourth-order valence-electron chi connectivity index (χ4n) is 4.52. The number of nitrogens with one attached hydrogen (secondary N) is 1. The largest absolute Gasteiger partial charge is 0.506 e. The molecule has 2 N–H and O–H groups in total. The number of hydrogen-bond acceptors (Lipinski definition) is 4. The van der Waals surface area contributed by atoms with Gasteiger partial charge in [0.1, 0.15) is 11.6 Å². The van der Waals surface area contributed by atoms with Gasteiger partial charge >= 0.3 is 0 Å². The first-order chi connectivity index (χ1) is 15.6. The summed E-state index contributed by atoms with van der Waals surface area (Å²) < 4.78 is 2.15. The lowest BCUT2D eigenvalue weighted by molar-refractivity contribution is 0.472. The molecule has 1 aliphatic heterocycles. The molecule has 0 unspecified atom stereocenters. The Hall–Kier alpha value is -3.71. The third-order valence-electron chi connectivity index (χ3n) is 5.91. The van der Waals surface area contributed by atoms with Gasteiger partial charge in [0.15, 0.2) is 5.11 Å². The molecule has 0 bridgehead atoms. The van der Waals surface area contributed by atoms with E-state index in [0.717, 1.165) is 28.5 Å². The van der Waals surface area contributed by atoms with Crippen LogP contribution in [0.5, 0.6) is 5.75 Å². The Morgan fingerprint density at radius 3 is 2.34 bits per heavy atom. The number of aromatic hydroxyl groups is 1. The summed E-state index contributed by atoms with van der Waals surface area (Å²) in [5.41, 5.74) is 4.79. The molecule has 32 heavy (non-hydrogen) atoms. The Morgan fingerprint density at radius 1 is 0.938 bits per heavy atom. The number of nitrogens with zero attached hydrogens (tertiary/aromatic N) is 4. The van der Waals surface area contributed by atoms with Crippen molar-refractivity contribution >= 4 is 23.0 Å². The molecule has 1 fully saturated rings. The van der Waals surface area contributed by atoms with Gasteiger partial charge in [-0.2, -0.15) is 0 Å². The van der Waals surface area contributed by atoms with Crippen molar-refractivity contribution in [3.8, 4) is 11.6 Å². The van der Waals surface area contributed by atoms with Crippen molar-refractivity contribution in [3.05, 3.63) is 102 Å². The van der Waals surface area contributed by atoms with E-state index in [1.807, 2.05) is 59.5 Å². The average Bonchev–Trinajstić information content (AvgIpc) is 3.30. The van der Waals surface area contributed by atoms with Crippen molar-refractivity contribution in [3.63, 3.8) is 0 Å². The van der Waals surface area contributed by atoms with Gasteiger partial charge in [-0.1, -0.05) is 24.3 Å². The van der Waals surface area contributed by atoms with Crippen molar-refractivity contribution in [1.29, 1.82) is 0 Å². The van der Waals surface area contributed by atoms with Gasteiger partial charge in [-0.05, 0) is 74.1 Å². The second-order valence-corrected chi connectivity index (χ2v) is 8.22. The van der Waals surface area contributed by atoms with Crippen molar-refractivity contribution in [2.75, 3.05) is 4.90 Å². The summed E-state index contributed by atoms with van der Waals surface area (Å²) in [6.45, 7) is 4.17.